The van der Waals surface area contributed by atoms with Gasteiger partial charge in [-0.1, -0.05) is 15.9 Å². The summed E-state index contributed by atoms with van der Waals surface area (Å²) >= 11 is 3.42. The predicted octanol–water partition coefficient (Wildman–Crippen LogP) is 1.83. The number of nitrogens with one attached hydrogen (secondary N) is 2. The van der Waals surface area contributed by atoms with Crippen LogP contribution in [0.4, 0.5) is 11.4 Å². The van der Waals surface area contributed by atoms with Gasteiger partial charge in [0.25, 0.3) is 0 Å². The van der Waals surface area contributed by atoms with Crippen molar-refractivity contribution in [3.8, 4) is 0 Å². The molecule has 1 heterocycles. The van der Waals surface area contributed by atoms with Crippen LogP contribution in [0.15, 0.2) is 22.7 Å². The maximum Gasteiger partial charge on any atom is 0.250 e. The summed E-state index contributed by atoms with van der Waals surface area (Å²) in [6.07, 6.45) is 0. The number of carbonyl (C=O) groups excluding carboxylic acids is 1. The highest BCUT2D eigenvalue weighted by molar-refractivity contribution is 9.10. The van der Waals surface area contributed by atoms with E-state index in [0.717, 1.165) is 28.9 Å². The van der Waals surface area contributed by atoms with Crippen molar-refractivity contribution in [2.45, 2.75) is 12.5 Å². The molecule has 0 atom stereocenters. The summed E-state index contributed by atoms with van der Waals surface area (Å²) in [5.41, 5.74) is 1.52. The summed E-state index contributed by atoms with van der Waals surface area (Å²) in [6, 6.07) is 5.79. The Balaban J connectivity index is 1.98. The molecule has 1 aliphatic heterocycles. The first kappa shape index (κ1) is 15.3. The highest BCUT2D eigenvalue weighted by atomic mass is 79.9. The number of benzene rings is 1. The zero-order valence-electron chi connectivity index (χ0n) is 12.0. The average molecular weight is 342 g/mol. The smallest absolute Gasteiger partial charge is 0.250 e. The van der Waals surface area contributed by atoms with Gasteiger partial charge in [0.1, 0.15) is 6.61 Å². The van der Waals surface area contributed by atoms with E-state index < -0.39 is 0 Å². The summed E-state index contributed by atoms with van der Waals surface area (Å²) in [5, 5.41) is 6.03. The Morgan fingerprint density at radius 3 is 2.75 bits per heavy atom. The molecule has 1 fully saturated rings. The zero-order valence-corrected chi connectivity index (χ0v) is 13.6. The predicted molar refractivity (Wildman–Crippen MR) is 84.3 cm³/mol. The Kier molecular flexibility index (Phi) is 4.67. The van der Waals surface area contributed by atoms with E-state index in [1.165, 1.54) is 0 Å². The summed E-state index contributed by atoms with van der Waals surface area (Å²) in [6.45, 7) is 3.65. The minimum absolute atomic E-state index is 0.0670. The minimum atomic E-state index is -0.209. The number of rotatable bonds is 5. The van der Waals surface area contributed by atoms with Gasteiger partial charge in [-0.15, -0.1) is 0 Å². The fraction of sp³-hybridized carbons (Fsp3) is 0.500. The van der Waals surface area contributed by atoms with Crippen LogP contribution in [-0.4, -0.2) is 45.3 Å². The molecule has 0 unspecified atom stereocenters. The van der Waals surface area contributed by atoms with Crippen molar-refractivity contribution >= 4 is 33.2 Å². The van der Waals surface area contributed by atoms with E-state index in [9.17, 15) is 4.79 Å². The van der Waals surface area contributed by atoms with Crippen LogP contribution >= 0.6 is 15.9 Å². The molecule has 2 N–H and O–H groups in total. The molecule has 0 aromatic heterocycles. The molecule has 20 heavy (non-hydrogen) atoms. The molecule has 110 valence electrons. The largest absolute Gasteiger partial charge is 0.376 e. The number of nitrogens with zero attached hydrogens (tertiary/aromatic N) is 1. The molecule has 2 rings (SSSR count). The van der Waals surface area contributed by atoms with Crippen LogP contribution in [0, 0.1) is 0 Å². The van der Waals surface area contributed by atoms with Crippen LogP contribution in [-0.2, 0) is 9.53 Å². The molecule has 0 bridgehead atoms. The van der Waals surface area contributed by atoms with Crippen molar-refractivity contribution in [2.75, 3.05) is 44.0 Å². The molecule has 0 spiro atoms. The maximum absolute atomic E-state index is 12.0. The Bertz CT molecular complexity index is 501. The van der Waals surface area contributed by atoms with Crippen molar-refractivity contribution in [1.29, 1.82) is 0 Å². The SMILES string of the molecule is CN(C)c1ccc(Br)cc1NC(=O)COC1(C)CNC1. The second kappa shape index (κ2) is 6.11. The highest BCUT2D eigenvalue weighted by Crippen LogP contribution is 2.28. The Morgan fingerprint density at radius 2 is 2.20 bits per heavy atom. The van der Waals surface area contributed by atoms with Crippen molar-refractivity contribution in [3.63, 3.8) is 0 Å². The van der Waals surface area contributed by atoms with Gasteiger partial charge in [0.2, 0.25) is 5.91 Å². The minimum Gasteiger partial charge on any atom is -0.376 e. The lowest BCUT2D eigenvalue weighted by Gasteiger charge is -2.38. The fourth-order valence-electron chi connectivity index (χ4n) is 2.00. The van der Waals surface area contributed by atoms with Crippen LogP contribution in [0.1, 0.15) is 6.92 Å². The van der Waals surface area contributed by atoms with Gasteiger partial charge in [-0.05, 0) is 25.1 Å². The first-order chi connectivity index (χ1) is 9.39. The van der Waals surface area contributed by atoms with Gasteiger partial charge in [-0.2, -0.15) is 0 Å². The Hall–Kier alpha value is -1.11. The monoisotopic (exact) mass is 341 g/mol. The van der Waals surface area contributed by atoms with Gasteiger partial charge in [0.15, 0.2) is 0 Å². The van der Waals surface area contributed by atoms with Gasteiger partial charge in [-0.3, -0.25) is 4.79 Å². The van der Waals surface area contributed by atoms with Gasteiger partial charge < -0.3 is 20.3 Å². The Labute approximate surface area is 127 Å². The van der Waals surface area contributed by atoms with E-state index in [-0.39, 0.29) is 18.1 Å². The van der Waals surface area contributed by atoms with Crippen LogP contribution in [0.2, 0.25) is 0 Å². The lowest BCUT2D eigenvalue weighted by atomic mass is 10.0. The number of hydrogen-bond acceptors (Lipinski definition) is 4. The number of hydrogen-bond donors (Lipinski definition) is 2. The normalized spacial score (nSPS) is 16.4. The number of carbonyl (C=O) groups is 1. The quantitative estimate of drug-likeness (QED) is 0.857. The molecule has 1 aliphatic rings. The zero-order chi connectivity index (χ0) is 14.8. The first-order valence-corrected chi connectivity index (χ1v) is 7.30. The molecule has 1 aromatic carbocycles. The van der Waals surface area contributed by atoms with Crippen molar-refractivity contribution in [2.24, 2.45) is 0 Å². The highest BCUT2D eigenvalue weighted by Gasteiger charge is 2.33. The Morgan fingerprint density at radius 1 is 1.50 bits per heavy atom. The fourth-order valence-corrected chi connectivity index (χ4v) is 2.36. The van der Waals surface area contributed by atoms with Gasteiger partial charge in [0.05, 0.1) is 17.0 Å². The van der Waals surface area contributed by atoms with Crippen LogP contribution in [0.5, 0.6) is 0 Å². The van der Waals surface area contributed by atoms with Gasteiger partial charge in [0, 0.05) is 31.7 Å². The van der Waals surface area contributed by atoms with E-state index in [1.807, 2.05) is 44.1 Å². The molecule has 0 saturated carbocycles. The third kappa shape index (κ3) is 3.71. The second-order valence-electron chi connectivity index (χ2n) is 5.45. The lowest BCUT2D eigenvalue weighted by Crippen LogP contribution is -2.59. The van der Waals surface area contributed by atoms with E-state index in [4.69, 9.17) is 4.74 Å². The second-order valence-corrected chi connectivity index (χ2v) is 6.36. The molecule has 1 saturated heterocycles. The molecule has 0 radical (unpaired) electrons. The summed E-state index contributed by atoms with van der Waals surface area (Å²) < 4.78 is 6.56. The van der Waals surface area contributed by atoms with Crippen molar-refractivity contribution < 1.29 is 9.53 Å². The number of anilines is 2. The van der Waals surface area contributed by atoms with Crippen LogP contribution < -0.4 is 15.5 Å². The third-order valence-electron chi connectivity index (χ3n) is 3.26. The third-order valence-corrected chi connectivity index (χ3v) is 3.76. The molecular formula is C14H20BrN3O2. The van der Waals surface area contributed by atoms with E-state index >= 15 is 0 Å². The molecule has 1 aromatic rings. The van der Waals surface area contributed by atoms with Gasteiger partial charge in [-0.25, -0.2) is 0 Å². The summed E-state index contributed by atoms with van der Waals surface area (Å²) in [4.78, 5) is 14.0. The van der Waals surface area contributed by atoms with Crippen LogP contribution in [0.25, 0.3) is 0 Å². The molecule has 6 heteroatoms. The average Bonchev–Trinajstić information content (AvgIpc) is 2.33. The molecule has 1 amide bonds. The summed E-state index contributed by atoms with van der Waals surface area (Å²) in [7, 11) is 3.88. The number of amides is 1. The van der Waals surface area contributed by atoms with E-state index in [1.54, 1.807) is 0 Å². The van der Waals surface area contributed by atoms with Gasteiger partial charge >= 0.3 is 0 Å². The first-order valence-electron chi connectivity index (χ1n) is 6.51. The maximum atomic E-state index is 12.0. The standard InChI is InChI=1S/C14H20BrN3O2/c1-14(8-16-9-14)20-7-13(19)17-11-6-10(15)4-5-12(11)18(2)3/h4-6,16H,7-9H2,1-3H3,(H,17,19). The lowest BCUT2D eigenvalue weighted by molar-refractivity contribution is -0.130. The van der Waals surface area contributed by atoms with Crippen molar-refractivity contribution in [1.82, 2.24) is 5.32 Å². The number of ether oxygens (including phenoxy) is 1. The summed E-state index contributed by atoms with van der Waals surface area (Å²) in [5.74, 6) is -0.140. The molecule has 5 nitrogen and oxygen atoms in total. The molecule has 0 aliphatic carbocycles. The van der Waals surface area contributed by atoms with E-state index in [2.05, 4.69) is 26.6 Å². The topological polar surface area (TPSA) is 53.6 Å². The number of halogens is 1. The van der Waals surface area contributed by atoms with Crippen LogP contribution in [0.3, 0.4) is 0 Å². The van der Waals surface area contributed by atoms with E-state index in [0.29, 0.717) is 0 Å². The molecular weight excluding hydrogens is 322 g/mol. The van der Waals surface area contributed by atoms with Crippen molar-refractivity contribution in [3.05, 3.63) is 22.7 Å².